The van der Waals surface area contributed by atoms with Gasteiger partial charge in [-0.2, -0.15) is 0 Å². The summed E-state index contributed by atoms with van der Waals surface area (Å²) in [5, 5.41) is 0. The zero-order chi connectivity index (χ0) is 8.32. The topological polar surface area (TPSA) is 17.1 Å². The highest BCUT2D eigenvalue weighted by molar-refractivity contribution is 6.31. The average molecular weight is 169 g/mol. The molecule has 0 fully saturated rings. The van der Waals surface area contributed by atoms with Crippen molar-refractivity contribution in [1.29, 1.82) is 0 Å². The normalized spacial score (nSPS) is 15.5. The van der Waals surface area contributed by atoms with Gasteiger partial charge in [-0.05, 0) is 12.5 Å². The van der Waals surface area contributed by atoms with E-state index in [1.165, 1.54) is 0 Å². The third kappa shape index (κ3) is 1.81. The second-order valence-electron chi connectivity index (χ2n) is 2.56. The Bertz CT molecular complexity index is 241. The van der Waals surface area contributed by atoms with Gasteiger partial charge in [0.15, 0.2) is 0 Å². The molecule has 0 aliphatic carbocycles. The van der Waals surface area contributed by atoms with Crippen LogP contribution < -0.4 is 0 Å². The minimum absolute atomic E-state index is 0.740. The zero-order valence-electron chi connectivity index (χ0n) is 6.25. The fourth-order valence-corrected chi connectivity index (χ4v) is 0.958. The fraction of sp³-hybridized carbons (Fsp3) is 0.222. The van der Waals surface area contributed by atoms with Gasteiger partial charge in [0.05, 0.1) is 0 Å². The lowest BCUT2D eigenvalue weighted by atomic mass is 10.0. The summed E-state index contributed by atoms with van der Waals surface area (Å²) in [6.45, 7) is 1.68. The first kappa shape index (κ1) is 8.28. The Morgan fingerprint density at radius 3 is 2.36 bits per heavy atom. The van der Waals surface area contributed by atoms with Crippen molar-refractivity contribution in [3.8, 4) is 0 Å². The van der Waals surface area contributed by atoms with Crippen LogP contribution in [0.2, 0.25) is 0 Å². The molecule has 0 amide bonds. The Balaban J connectivity index is 3.02. The maximum absolute atomic E-state index is 10.5. The first-order valence-corrected chi connectivity index (χ1v) is 3.75. The molecule has 0 saturated heterocycles. The number of halogens is 1. The summed E-state index contributed by atoms with van der Waals surface area (Å²) in [4.78, 5) is 9.62. The van der Waals surface area contributed by atoms with Gasteiger partial charge in [0.2, 0.25) is 0 Å². The molecule has 2 heteroatoms. The van der Waals surface area contributed by atoms with Gasteiger partial charge >= 0.3 is 0 Å². The summed E-state index contributed by atoms with van der Waals surface area (Å²) >= 11 is 5.88. The third-order valence-electron chi connectivity index (χ3n) is 1.56. The van der Waals surface area contributed by atoms with Crippen molar-refractivity contribution in [1.82, 2.24) is 0 Å². The number of alkyl halides is 1. The maximum atomic E-state index is 10.5. The molecule has 0 aliphatic heterocycles. The van der Waals surface area contributed by atoms with E-state index in [9.17, 15) is 4.79 Å². The Labute approximate surface area is 71.0 Å². The molecule has 0 spiro atoms. The molecular formula is C9H9ClO. The van der Waals surface area contributed by atoms with Crippen LogP contribution in [0.3, 0.4) is 0 Å². The van der Waals surface area contributed by atoms with Crippen molar-refractivity contribution in [3.63, 3.8) is 0 Å². The van der Waals surface area contributed by atoms with Crippen molar-refractivity contribution in [2.75, 3.05) is 0 Å². The molecule has 0 bridgehead atoms. The van der Waals surface area contributed by atoms with Crippen LogP contribution in [0.1, 0.15) is 12.5 Å². The molecule has 0 aromatic heterocycles. The van der Waals surface area contributed by atoms with Gasteiger partial charge in [0.25, 0.3) is 0 Å². The Morgan fingerprint density at radius 2 is 1.91 bits per heavy atom. The number of aldehydes is 1. The standard InChI is InChI=1S/C9H9ClO/c1-9(10,7-11)8-5-3-2-4-6-8/h2-7H,1H3/t9-/m0/s1. The number of rotatable bonds is 2. The fourth-order valence-electron chi connectivity index (χ4n) is 0.832. The SMILES string of the molecule is C[C@](Cl)(C=O)c1ccccc1. The van der Waals surface area contributed by atoms with E-state index < -0.39 is 4.87 Å². The highest BCUT2D eigenvalue weighted by atomic mass is 35.5. The van der Waals surface area contributed by atoms with Crippen LogP contribution in [0.15, 0.2) is 30.3 Å². The zero-order valence-corrected chi connectivity index (χ0v) is 7.01. The molecule has 1 aromatic carbocycles. The van der Waals surface area contributed by atoms with Crippen LogP contribution >= 0.6 is 11.6 Å². The molecule has 1 atom stereocenters. The smallest absolute Gasteiger partial charge is 0.145 e. The van der Waals surface area contributed by atoms with Crippen LogP contribution in [-0.4, -0.2) is 6.29 Å². The summed E-state index contributed by atoms with van der Waals surface area (Å²) in [6.07, 6.45) is 0.740. The predicted molar refractivity (Wildman–Crippen MR) is 45.7 cm³/mol. The molecule has 58 valence electrons. The highest BCUT2D eigenvalue weighted by Crippen LogP contribution is 2.24. The van der Waals surface area contributed by atoms with Crippen molar-refractivity contribution in [3.05, 3.63) is 35.9 Å². The first-order chi connectivity index (χ1) is 5.17. The second kappa shape index (κ2) is 3.05. The van der Waals surface area contributed by atoms with E-state index in [1.807, 2.05) is 30.3 Å². The van der Waals surface area contributed by atoms with Gasteiger partial charge in [-0.25, -0.2) is 0 Å². The minimum Gasteiger partial charge on any atom is -0.301 e. The van der Waals surface area contributed by atoms with Crippen LogP contribution in [0.4, 0.5) is 0 Å². The summed E-state index contributed by atoms with van der Waals surface area (Å²) in [5.74, 6) is 0. The number of hydrogen-bond acceptors (Lipinski definition) is 1. The van der Waals surface area contributed by atoms with Crippen molar-refractivity contribution in [2.45, 2.75) is 11.8 Å². The molecule has 0 radical (unpaired) electrons. The van der Waals surface area contributed by atoms with Crippen LogP contribution in [0.25, 0.3) is 0 Å². The minimum atomic E-state index is -0.874. The number of hydrogen-bond donors (Lipinski definition) is 0. The highest BCUT2D eigenvalue weighted by Gasteiger charge is 2.21. The largest absolute Gasteiger partial charge is 0.301 e. The average Bonchev–Trinajstić information content (AvgIpc) is 2.06. The Morgan fingerprint density at radius 1 is 1.36 bits per heavy atom. The van der Waals surface area contributed by atoms with Gasteiger partial charge in [-0.1, -0.05) is 30.3 Å². The van der Waals surface area contributed by atoms with Crippen molar-refractivity contribution in [2.24, 2.45) is 0 Å². The third-order valence-corrected chi connectivity index (χ3v) is 1.87. The summed E-state index contributed by atoms with van der Waals surface area (Å²) in [6, 6.07) is 9.28. The summed E-state index contributed by atoms with van der Waals surface area (Å²) in [5.41, 5.74) is 0.830. The molecule has 0 saturated carbocycles. The van der Waals surface area contributed by atoms with E-state index in [0.29, 0.717) is 0 Å². The molecule has 0 N–H and O–H groups in total. The number of benzene rings is 1. The molecule has 1 aromatic rings. The van der Waals surface area contributed by atoms with Crippen molar-refractivity contribution >= 4 is 17.9 Å². The predicted octanol–water partition coefficient (Wildman–Crippen LogP) is 2.34. The van der Waals surface area contributed by atoms with Gasteiger partial charge in [0.1, 0.15) is 11.2 Å². The molecule has 1 rings (SSSR count). The van der Waals surface area contributed by atoms with Gasteiger partial charge in [-0.15, -0.1) is 11.6 Å². The lowest BCUT2D eigenvalue weighted by Gasteiger charge is -2.13. The van der Waals surface area contributed by atoms with E-state index in [4.69, 9.17) is 11.6 Å². The maximum Gasteiger partial charge on any atom is 0.145 e. The van der Waals surface area contributed by atoms with E-state index in [-0.39, 0.29) is 0 Å². The second-order valence-corrected chi connectivity index (χ2v) is 3.34. The van der Waals surface area contributed by atoms with Gasteiger partial charge < -0.3 is 4.79 Å². The van der Waals surface area contributed by atoms with Crippen LogP contribution in [-0.2, 0) is 9.67 Å². The molecule has 0 aliphatic rings. The number of carbonyl (C=O) groups excluding carboxylic acids is 1. The van der Waals surface area contributed by atoms with Crippen molar-refractivity contribution < 1.29 is 4.79 Å². The monoisotopic (exact) mass is 168 g/mol. The molecule has 0 heterocycles. The molecule has 0 unspecified atom stereocenters. The molecular weight excluding hydrogens is 160 g/mol. The number of carbonyl (C=O) groups is 1. The summed E-state index contributed by atoms with van der Waals surface area (Å²) in [7, 11) is 0. The molecule has 11 heavy (non-hydrogen) atoms. The van der Waals surface area contributed by atoms with Gasteiger partial charge in [0, 0.05) is 0 Å². The van der Waals surface area contributed by atoms with Crippen LogP contribution in [0.5, 0.6) is 0 Å². The first-order valence-electron chi connectivity index (χ1n) is 3.37. The molecule has 1 nitrogen and oxygen atoms in total. The Hall–Kier alpha value is -0.820. The van der Waals surface area contributed by atoms with Gasteiger partial charge in [-0.3, -0.25) is 0 Å². The van der Waals surface area contributed by atoms with E-state index in [2.05, 4.69) is 0 Å². The lowest BCUT2D eigenvalue weighted by molar-refractivity contribution is -0.109. The van der Waals surface area contributed by atoms with E-state index in [1.54, 1.807) is 6.92 Å². The summed E-state index contributed by atoms with van der Waals surface area (Å²) < 4.78 is 0. The Kier molecular flexibility index (Phi) is 2.30. The quantitative estimate of drug-likeness (QED) is 0.490. The van der Waals surface area contributed by atoms with E-state index in [0.717, 1.165) is 11.8 Å². The lowest BCUT2D eigenvalue weighted by Crippen LogP contribution is -2.14. The van der Waals surface area contributed by atoms with Crippen LogP contribution in [0, 0.1) is 0 Å². The van der Waals surface area contributed by atoms with E-state index >= 15 is 0 Å².